The monoisotopic (exact) mass is 414 g/mol. The summed E-state index contributed by atoms with van der Waals surface area (Å²) in [6.07, 6.45) is 2.24. The van der Waals surface area contributed by atoms with Gasteiger partial charge in [0, 0.05) is 13.0 Å². The summed E-state index contributed by atoms with van der Waals surface area (Å²) in [5.74, 6) is 0.143. The van der Waals surface area contributed by atoms with E-state index in [0.29, 0.717) is 23.2 Å². The Hall–Kier alpha value is -1.13. The van der Waals surface area contributed by atoms with Crippen LogP contribution in [0.3, 0.4) is 0 Å². The minimum atomic E-state index is -3.57. The maximum absolute atomic E-state index is 12.9. The van der Waals surface area contributed by atoms with E-state index in [4.69, 9.17) is 9.47 Å². The van der Waals surface area contributed by atoms with Crippen LogP contribution in [0.2, 0.25) is 0 Å². The lowest BCUT2D eigenvalue weighted by atomic mass is 9.98. The summed E-state index contributed by atoms with van der Waals surface area (Å²) in [4.78, 5) is 8.46. The second-order valence-electron chi connectivity index (χ2n) is 7.94. The van der Waals surface area contributed by atoms with Crippen LogP contribution in [-0.2, 0) is 19.3 Å². The van der Waals surface area contributed by atoms with Crippen molar-refractivity contribution in [3.63, 3.8) is 0 Å². The third-order valence-electron chi connectivity index (χ3n) is 5.04. The van der Waals surface area contributed by atoms with E-state index < -0.39 is 20.7 Å². The molecule has 1 saturated carbocycles. The van der Waals surface area contributed by atoms with E-state index in [2.05, 4.69) is 9.97 Å². The number of fused-ring (bicyclic) bond motifs is 1. The van der Waals surface area contributed by atoms with E-state index in [-0.39, 0.29) is 23.7 Å². The molecule has 1 N–H and O–H groups in total. The van der Waals surface area contributed by atoms with Crippen molar-refractivity contribution in [1.82, 2.24) is 9.97 Å². The number of thiophene rings is 1. The maximum Gasteiger partial charge on any atom is 0.202 e. The summed E-state index contributed by atoms with van der Waals surface area (Å²) in [6, 6.07) is 0. The Kier molecular flexibility index (Phi) is 5.88. The summed E-state index contributed by atoms with van der Waals surface area (Å²) in [5, 5.41) is 12.4. The summed E-state index contributed by atoms with van der Waals surface area (Å²) in [7, 11) is -2.01. The third-order valence-corrected chi connectivity index (χ3v) is 8.59. The Morgan fingerprint density at radius 2 is 2.04 bits per heavy atom. The number of aromatic nitrogens is 2. The lowest BCUT2D eigenvalue weighted by Crippen LogP contribution is -2.28. The number of ether oxygens (including phenoxy) is 2. The fourth-order valence-corrected chi connectivity index (χ4v) is 6.00. The van der Waals surface area contributed by atoms with E-state index in [1.807, 2.05) is 5.38 Å². The third kappa shape index (κ3) is 3.88. The molecule has 9 heteroatoms. The van der Waals surface area contributed by atoms with Gasteiger partial charge in [0.15, 0.2) is 5.03 Å². The molecule has 3 atom stereocenters. The van der Waals surface area contributed by atoms with Crippen LogP contribution < -0.4 is 0 Å². The molecule has 7 nitrogen and oxygen atoms in total. The van der Waals surface area contributed by atoms with Crippen LogP contribution in [0.15, 0.2) is 16.7 Å². The van der Waals surface area contributed by atoms with Crippen molar-refractivity contribution in [1.29, 1.82) is 0 Å². The highest BCUT2D eigenvalue weighted by atomic mass is 32.2. The van der Waals surface area contributed by atoms with Gasteiger partial charge in [-0.2, -0.15) is 0 Å². The van der Waals surface area contributed by atoms with Crippen molar-refractivity contribution in [2.24, 2.45) is 5.92 Å². The first kappa shape index (κ1) is 20.6. The Bertz CT molecular complexity index is 904. The molecule has 0 bridgehead atoms. The highest BCUT2D eigenvalue weighted by Gasteiger charge is 2.38. The fourth-order valence-electron chi connectivity index (χ4n) is 3.44. The summed E-state index contributed by atoms with van der Waals surface area (Å²) in [5.41, 5.74) is 1.66. The van der Waals surface area contributed by atoms with Crippen LogP contribution in [0.25, 0.3) is 10.2 Å². The molecule has 2 aromatic heterocycles. The number of aliphatic hydroxyl groups is 1. The molecule has 0 aromatic carbocycles. The summed E-state index contributed by atoms with van der Waals surface area (Å²) >= 11 is 1.36. The first-order valence-electron chi connectivity index (χ1n) is 8.88. The molecule has 2 heterocycles. The molecule has 0 spiro atoms. The van der Waals surface area contributed by atoms with Gasteiger partial charge in [0.1, 0.15) is 13.1 Å². The van der Waals surface area contributed by atoms with Gasteiger partial charge in [0.2, 0.25) is 9.84 Å². The average molecular weight is 415 g/mol. The first-order chi connectivity index (χ1) is 12.7. The van der Waals surface area contributed by atoms with Crippen molar-refractivity contribution in [3.05, 3.63) is 17.3 Å². The summed E-state index contributed by atoms with van der Waals surface area (Å²) in [6.45, 7) is 5.65. The fraction of sp³-hybridized carbons (Fsp3) is 0.667. The maximum atomic E-state index is 12.9. The number of aliphatic hydroxyl groups excluding tert-OH is 1. The predicted octanol–water partition coefficient (Wildman–Crippen LogP) is 2.74. The Labute approximate surface area is 163 Å². The number of rotatable bonds is 6. The minimum Gasteiger partial charge on any atom is -0.393 e. The van der Waals surface area contributed by atoms with Crippen LogP contribution >= 0.6 is 11.3 Å². The van der Waals surface area contributed by atoms with E-state index in [9.17, 15) is 13.5 Å². The molecule has 2 aromatic rings. The van der Waals surface area contributed by atoms with Crippen molar-refractivity contribution < 1.29 is 23.0 Å². The van der Waals surface area contributed by atoms with E-state index >= 15 is 0 Å². The van der Waals surface area contributed by atoms with Crippen molar-refractivity contribution >= 4 is 31.4 Å². The number of hydrogen-bond donors (Lipinski definition) is 1. The number of methoxy groups -OCH3 is 1. The second-order valence-corrected chi connectivity index (χ2v) is 11.4. The van der Waals surface area contributed by atoms with Crippen molar-refractivity contribution in [2.75, 3.05) is 20.5 Å². The highest BCUT2D eigenvalue weighted by Crippen LogP contribution is 2.44. The molecule has 27 heavy (non-hydrogen) atoms. The number of hydrogen-bond acceptors (Lipinski definition) is 8. The van der Waals surface area contributed by atoms with Crippen molar-refractivity contribution in [2.45, 2.75) is 55.4 Å². The Morgan fingerprint density at radius 1 is 1.30 bits per heavy atom. The standard InChI is InChI=1S/C18H26N2O5S2/c1-18(2,3)27(22,23)17-16-15(19-9-20-17)13(8-26-16)11-5-12(14(21)6-11)7-25-10-24-4/h8-9,11-12,14,21H,5-7,10H2,1-4H3/t11-,12-,14-/m0/s1. The first-order valence-corrected chi connectivity index (χ1v) is 11.2. The molecule has 0 radical (unpaired) electrons. The normalized spacial score (nSPS) is 24.0. The van der Waals surface area contributed by atoms with Gasteiger partial charge >= 0.3 is 0 Å². The van der Waals surface area contributed by atoms with Gasteiger partial charge in [-0.1, -0.05) is 0 Å². The van der Waals surface area contributed by atoms with Crippen LogP contribution in [-0.4, -0.2) is 54.9 Å². The van der Waals surface area contributed by atoms with Gasteiger partial charge < -0.3 is 14.6 Å². The van der Waals surface area contributed by atoms with Gasteiger partial charge in [-0.05, 0) is 50.5 Å². The van der Waals surface area contributed by atoms with E-state index in [0.717, 1.165) is 12.0 Å². The lowest BCUT2D eigenvalue weighted by molar-refractivity contribution is -0.0553. The van der Waals surface area contributed by atoms with Crippen molar-refractivity contribution in [3.8, 4) is 0 Å². The quantitative estimate of drug-likeness (QED) is 0.441. The topological polar surface area (TPSA) is 98.6 Å². The molecule has 1 aliphatic carbocycles. The molecular formula is C18H26N2O5S2. The van der Waals surface area contributed by atoms with Crippen LogP contribution in [0.4, 0.5) is 0 Å². The zero-order valence-corrected chi connectivity index (χ0v) is 17.6. The zero-order valence-electron chi connectivity index (χ0n) is 16.0. The molecule has 1 fully saturated rings. The molecule has 150 valence electrons. The largest absolute Gasteiger partial charge is 0.393 e. The number of nitrogens with zero attached hydrogens (tertiary/aromatic N) is 2. The molecule has 0 saturated heterocycles. The molecule has 1 aliphatic rings. The Morgan fingerprint density at radius 3 is 2.70 bits per heavy atom. The van der Waals surface area contributed by atoms with E-state index in [1.54, 1.807) is 27.9 Å². The zero-order chi connectivity index (χ0) is 19.8. The predicted molar refractivity (Wildman–Crippen MR) is 104 cm³/mol. The van der Waals surface area contributed by atoms with Gasteiger partial charge in [-0.25, -0.2) is 18.4 Å². The highest BCUT2D eigenvalue weighted by molar-refractivity contribution is 7.93. The van der Waals surface area contributed by atoms with Gasteiger partial charge in [0.25, 0.3) is 0 Å². The molecule has 0 amide bonds. The lowest BCUT2D eigenvalue weighted by Gasteiger charge is -2.18. The molecular weight excluding hydrogens is 388 g/mol. The van der Waals surface area contributed by atoms with Crippen LogP contribution in [0, 0.1) is 5.92 Å². The van der Waals surface area contributed by atoms with Gasteiger partial charge in [-0.3, -0.25) is 0 Å². The summed E-state index contributed by atoms with van der Waals surface area (Å²) < 4.78 is 35.7. The van der Waals surface area contributed by atoms with Gasteiger partial charge in [0.05, 0.1) is 27.7 Å². The van der Waals surface area contributed by atoms with Crippen LogP contribution in [0.1, 0.15) is 45.1 Å². The Balaban J connectivity index is 1.91. The smallest absolute Gasteiger partial charge is 0.202 e. The second kappa shape index (κ2) is 7.71. The molecule has 0 unspecified atom stereocenters. The van der Waals surface area contributed by atoms with E-state index in [1.165, 1.54) is 17.7 Å². The minimum absolute atomic E-state index is 0.0275. The average Bonchev–Trinajstić information content (AvgIpc) is 3.17. The SMILES string of the molecule is COCOC[C@@H]1C[C@H](c2csc3c(S(=O)(=O)C(C)(C)C)ncnc23)C[C@@H]1O. The molecule has 0 aliphatic heterocycles. The van der Waals surface area contributed by atoms with Gasteiger partial charge in [-0.15, -0.1) is 11.3 Å². The van der Waals surface area contributed by atoms with Crippen LogP contribution in [0.5, 0.6) is 0 Å². The number of sulfone groups is 1. The molecule has 3 rings (SSSR count).